The first-order valence-corrected chi connectivity index (χ1v) is 11.7. The summed E-state index contributed by atoms with van der Waals surface area (Å²) in [5, 5.41) is 0. The maximum absolute atomic E-state index is 12.7. The quantitative estimate of drug-likeness (QED) is 0.737. The lowest BCUT2D eigenvalue weighted by molar-refractivity contribution is -0.134. The minimum Gasteiger partial charge on any atom is -0.339 e. The fraction of sp³-hybridized carbons (Fsp3) is 0.348. The van der Waals surface area contributed by atoms with Gasteiger partial charge in [-0.25, -0.2) is 8.42 Å². The summed E-state index contributed by atoms with van der Waals surface area (Å²) in [6.45, 7) is 7.04. The number of nitrogens with one attached hydrogen (secondary N) is 1. The maximum atomic E-state index is 12.7. The zero-order valence-corrected chi connectivity index (χ0v) is 18.3. The average molecular weight is 428 g/mol. The molecular weight excluding hydrogens is 398 g/mol. The lowest BCUT2D eigenvalue weighted by Gasteiger charge is -2.35. The lowest BCUT2D eigenvalue weighted by atomic mass is 10.2. The Hall–Kier alpha value is -2.48. The van der Waals surface area contributed by atoms with E-state index in [1.807, 2.05) is 25.1 Å². The van der Waals surface area contributed by atoms with Gasteiger partial charge in [-0.2, -0.15) is 4.72 Å². The summed E-state index contributed by atoms with van der Waals surface area (Å²) in [6, 6.07) is 15.9. The zero-order valence-electron chi connectivity index (χ0n) is 17.5. The Labute approximate surface area is 179 Å². The Kier molecular flexibility index (Phi) is 7.42. The van der Waals surface area contributed by atoms with Gasteiger partial charge in [0.1, 0.15) is 0 Å². The second-order valence-electron chi connectivity index (χ2n) is 7.59. The molecular formula is C23H29N3O3S. The van der Waals surface area contributed by atoms with Crippen LogP contribution >= 0.6 is 0 Å². The van der Waals surface area contributed by atoms with Crippen molar-refractivity contribution in [1.82, 2.24) is 14.5 Å². The number of rotatable bonds is 7. The molecule has 0 saturated carbocycles. The summed E-state index contributed by atoms with van der Waals surface area (Å²) in [6.07, 6.45) is 4.23. The normalized spacial score (nSPS) is 16.7. The van der Waals surface area contributed by atoms with Crippen molar-refractivity contribution in [2.24, 2.45) is 0 Å². The van der Waals surface area contributed by atoms with Crippen molar-refractivity contribution in [3.8, 4) is 0 Å². The number of aryl methyl sites for hydroxylation is 1. The third-order valence-corrected chi connectivity index (χ3v) is 6.75. The fourth-order valence-corrected chi connectivity index (χ4v) is 4.59. The van der Waals surface area contributed by atoms with Gasteiger partial charge in [0.05, 0.1) is 10.9 Å². The molecule has 0 bridgehead atoms. The number of nitrogens with zero attached hydrogens (tertiary/aromatic N) is 2. The van der Waals surface area contributed by atoms with E-state index in [4.69, 9.17) is 0 Å². The molecule has 0 aliphatic carbocycles. The lowest BCUT2D eigenvalue weighted by Crippen LogP contribution is -2.54. The van der Waals surface area contributed by atoms with Crippen molar-refractivity contribution in [2.45, 2.75) is 24.8 Å². The van der Waals surface area contributed by atoms with Gasteiger partial charge in [0.15, 0.2) is 0 Å². The van der Waals surface area contributed by atoms with Gasteiger partial charge in [0.2, 0.25) is 15.9 Å². The third-order valence-electron chi connectivity index (χ3n) is 5.19. The standard InChI is InChI=1S/C23H29N3O3S/c1-19-10-12-22(13-11-19)30(28,29)24-20(2)23(27)26-17-15-25(16-18-26)14-6-9-21-7-4-3-5-8-21/h3-13,20,24H,14-18H2,1-2H3/b9-6+/t20-/m0/s1. The molecule has 7 heteroatoms. The van der Waals surface area contributed by atoms with Crippen LogP contribution in [0, 0.1) is 6.92 Å². The molecule has 0 radical (unpaired) electrons. The molecule has 1 atom stereocenters. The second kappa shape index (κ2) is 10.0. The van der Waals surface area contributed by atoms with Crippen molar-refractivity contribution in [3.05, 3.63) is 71.8 Å². The molecule has 0 aromatic heterocycles. The Morgan fingerprint density at radius 1 is 1.03 bits per heavy atom. The van der Waals surface area contributed by atoms with Gasteiger partial charge < -0.3 is 4.90 Å². The molecule has 1 amide bonds. The number of piperazine rings is 1. The van der Waals surface area contributed by atoms with Crippen LogP contribution in [0.3, 0.4) is 0 Å². The van der Waals surface area contributed by atoms with Gasteiger partial charge in [-0.1, -0.05) is 60.2 Å². The number of carbonyl (C=O) groups is 1. The summed E-state index contributed by atoms with van der Waals surface area (Å²) < 4.78 is 27.6. The number of hydrogen-bond donors (Lipinski definition) is 1. The monoisotopic (exact) mass is 427 g/mol. The molecule has 6 nitrogen and oxygen atoms in total. The van der Waals surface area contributed by atoms with Crippen LogP contribution in [-0.4, -0.2) is 62.9 Å². The fourth-order valence-electron chi connectivity index (χ4n) is 3.40. The molecule has 3 rings (SSSR count). The summed E-state index contributed by atoms with van der Waals surface area (Å²) in [7, 11) is -3.73. The third kappa shape index (κ3) is 6.01. The van der Waals surface area contributed by atoms with E-state index in [1.165, 1.54) is 5.56 Å². The summed E-state index contributed by atoms with van der Waals surface area (Å²) in [4.78, 5) is 16.9. The molecule has 2 aromatic carbocycles. The summed E-state index contributed by atoms with van der Waals surface area (Å²) in [5.74, 6) is -0.190. The van der Waals surface area contributed by atoms with Crippen molar-refractivity contribution >= 4 is 22.0 Å². The summed E-state index contributed by atoms with van der Waals surface area (Å²) in [5.41, 5.74) is 2.15. The molecule has 0 unspecified atom stereocenters. The molecule has 30 heavy (non-hydrogen) atoms. The molecule has 1 heterocycles. The molecule has 160 valence electrons. The van der Waals surface area contributed by atoms with E-state index < -0.39 is 16.1 Å². The van der Waals surface area contributed by atoms with Crippen LogP contribution in [0.5, 0.6) is 0 Å². The minimum atomic E-state index is -3.73. The smallest absolute Gasteiger partial charge is 0.241 e. The highest BCUT2D eigenvalue weighted by Gasteiger charge is 2.28. The molecule has 2 aromatic rings. The van der Waals surface area contributed by atoms with Crippen molar-refractivity contribution < 1.29 is 13.2 Å². The van der Waals surface area contributed by atoms with Gasteiger partial charge in [-0.15, -0.1) is 0 Å². The summed E-state index contributed by atoms with van der Waals surface area (Å²) >= 11 is 0. The Morgan fingerprint density at radius 3 is 2.30 bits per heavy atom. The van der Waals surface area contributed by atoms with Crippen LogP contribution in [0.1, 0.15) is 18.1 Å². The average Bonchev–Trinajstić information content (AvgIpc) is 2.74. The minimum absolute atomic E-state index is 0.169. The first-order valence-electron chi connectivity index (χ1n) is 10.2. The van der Waals surface area contributed by atoms with Crippen LogP contribution < -0.4 is 4.72 Å². The molecule has 1 saturated heterocycles. The highest BCUT2D eigenvalue weighted by molar-refractivity contribution is 7.89. The Bertz CT molecular complexity index is 965. The van der Waals surface area contributed by atoms with E-state index in [2.05, 4.69) is 33.9 Å². The van der Waals surface area contributed by atoms with E-state index in [0.29, 0.717) is 13.1 Å². The van der Waals surface area contributed by atoms with Crippen molar-refractivity contribution in [3.63, 3.8) is 0 Å². The van der Waals surface area contributed by atoms with E-state index >= 15 is 0 Å². The van der Waals surface area contributed by atoms with E-state index in [1.54, 1.807) is 36.1 Å². The van der Waals surface area contributed by atoms with Gasteiger partial charge in [-0.3, -0.25) is 9.69 Å². The number of carbonyl (C=O) groups excluding carboxylic acids is 1. The molecule has 0 spiro atoms. The number of sulfonamides is 1. The largest absolute Gasteiger partial charge is 0.339 e. The Morgan fingerprint density at radius 2 is 1.67 bits per heavy atom. The predicted molar refractivity (Wildman–Crippen MR) is 119 cm³/mol. The molecule has 1 fully saturated rings. The van der Waals surface area contributed by atoms with Gasteiger partial charge in [0.25, 0.3) is 0 Å². The van der Waals surface area contributed by atoms with E-state index in [9.17, 15) is 13.2 Å². The first-order chi connectivity index (χ1) is 14.3. The van der Waals surface area contributed by atoms with Gasteiger partial charge in [-0.05, 0) is 31.5 Å². The van der Waals surface area contributed by atoms with E-state index in [0.717, 1.165) is 25.2 Å². The maximum Gasteiger partial charge on any atom is 0.241 e. The number of benzene rings is 2. The highest BCUT2D eigenvalue weighted by Crippen LogP contribution is 2.12. The van der Waals surface area contributed by atoms with Crippen LogP contribution in [0.25, 0.3) is 6.08 Å². The van der Waals surface area contributed by atoms with Crippen molar-refractivity contribution in [2.75, 3.05) is 32.7 Å². The predicted octanol–water partition coefficient (Wildman–Crippen LogP) is 2.52. The molecule has 1 N–H and O–H groups in total. The molecule has 1 aliphatic rings. The van der Waals surface area contributed by atoms with Crippen molar-refractivity contribution in [1.29, 1.82) is 0 Å². The van der Waals surface area contributed by atoms with Crippen LogP contribution in [0.15, 0.2) is 65.6 Å². The number of amides is 1. The van der Waals surface area contributed by atoms with Crippen LogP contribution in [0.2, 0.25) is 0 Å². The first kappa shape index (κ1) is 22.2. The Balaban J connectivity index is 1.48. The van der Waals surface area contributed by atoms with Crippen LogP contribution in [-0.2, 0) is 14.8 Å². The number of hydrogen-bond acceptors (Lipinski definition) is 4. The second-order valence-corrected chi connectivity index (χ2v) is 9.31. The van der Waals surface area contributed by atoms with E-state index in [-0.39, 0.29) is 10.8 Å². The molecule has 1 aliphatic heterocycles. The van der Waals surface area contributed by atoms with Gasteiger partial charge >= 0.3 is 0 Å². The van der Waals surface area contributed by atoms with Crippen LogP contribution in [0.4, 0.5) is 0 Å². The highest BCUT2D eigenvalue weighted by atomic mass is 32.2. The van der Waals surface area contributed by atoms with Gasteiger partial charge in [0, 0.05) is 32.7 Å². The SMILES string of the molecule is Cc1ccc(S(=O)(=O)N[C@@H](C)C(=O)N2CCN(C/C=C/c3ccccc3)CC2)cc1. The topological polar surface area (TPSA) is 69.7 Å². The zero-order chi connectivity index (χ0) is 21.6.